The maximum Gasteiger partial charge on any atom is 0.0702 e. The van der Waals surface area contributed by atoms with E-state index >= 15 is 0 Å². The third-order valence-corrected chi connectivity index (χ3v) is 4.74. The van der Waals surface area contributed by atoms with Gasteiger partial charge in [0.15, 0.2) is 0 Å². The molecule has 2 fully saturated rings. The Balaban J connectivity index is 1.62. The highest BCUT2D eigenvalue weighted by atomic mass is 16.5. The number of nitrogens with one attached hydrogen (secondary N) is 1. The van der Waals surface area contributed by atoms with Gasteiger partial charge in [0.2, 0.25) is 0 Å². The molecular weight excluding hydrogens is 236 g/mol. The van der Waals surface area contributed by atoms with Gasteiger partial charge in [-0.2, -0.15) is 0 Å². The molecule has 0 bridgehead atoms. The summed E-state index contributed by atoms with van der Waals surface area (Å²) >= 11 is 0. The fourth-order valence-electron chi connectivity index (χ4n) is 3.59. The summed E-state index contributed by atoms with van der Waals surface area (Å²) in [6, 6.07) is 0.788. The predicted molar refractivity (Wildman–Crippen MR) is 80.5 cm³/mol. The summed E-state index contributed by atoms with van der Waals surface area (Å²) in [6.07, 6.45) is 9.85. The lowest BCUT2D eigenvalue weighted by Crippen LogP contribution is -2.36. The van der Waals surface area contributed by atoms with E-state index in [0.717, 1.165) is 25.1 Å². The van der Waals surface area contributed by atoms with Crippen molar-refractivity contribution in [2.24, 2.45) is 5.92 Å². The lowest BCUT2D eigenvalue weighted by molar-refractivity contribution is 0.0792. The molecule has 3 unspecified atom stereocenters. The average molecular weight is 268 g/mol. The second-order valence-electron chi connectivity index (χ2n) is 6.44. The van der Waals surface area contributed by atoms with Crippen LogP contribution in [0.2, 0.25) is 0 Å². The third-order valence-electron chi connectivity index (χ3n) is 4.74. The first-order valence-corrected chi connectivity index (χ1v) is 8.33. The topological polar surface area (TPSA) is 24.5 Å². The Morgan fingerprint density at radius 3 is 2.84 bits per heavy atom. The summed E-state index contributed by atoms with van der Waals surface area (Å²) in [7, 11) is 2.26. The number of ether oxygens (including phenoxy) is 1. The second-order valence-corrected chi connectivity index (χ2v) is 6.44. The van der Waals surface area contributed by atoms with Gasteiger partial charge in [0.25, 0.3) is 0 Å². The van der Waals surface area contributed by atoms with E-state index in [0.29, 0.717) is 6.10 Å². The molecule has 1 aliphatic carbocycles. The van der Waals surface area contributed by atoms with E-state index in [1.54, 1.807) is 0 Å². The lowest BCUT2D eigenvalue weighted by Gasteiger charge is -2.25. The van der Waals surface area contributed by atoms with Crippen molar-refractivity contribution >= 4 is 0 Å². The van der Waals surface area contributed by atoms with Crippen LogP contribution in [0.1, 0.15) is 51.9 Å². The van der Waals surface area contributed by atoms with E-state index < -0.39 is 0 Å². The molecule has 2 rings (SSSR count). The van der Waals surface area contributed by atoms with Gasteiger partial charge >= 0.3 is 0 Å². The monoisotopic (exact) mass is 268 g/mol. The lowest BCUT2D eigenvalue weighted by atomic mass is 9.99. The Kier molecular flexibility index (Phi) is 6.62. The van der Waals surface area contributed by atoms with Crippen molar-refractivity contribution in [2.45, 2.75) is 64.0 Å². The number of hydrogen-bond acceptors (Lipinski definition) is 3. The fourth-order valence-corrected chi connectivity index (χ4v) is 3.59. The minimum Gasteiger partial charge on any atom is -0.377 e. The van der Waals surface area contributed by atoms with Crippen LogP contribution in [0, 0.1) is 5.92 Å². The standard InChI is InChI=1S/C16H32N2O/c1-3-10-17-16-8-4-6-14(16)9-11-18(2)13-15-7-5-12-19-15/h14-17H,3-13H2,1-2H3. The molecule has 0 aromatic carbocycles. The van der Waals surface area contributed by atoms with Crippen LogP contribution in [0.25, 0.3) is 0 Å². The summed E-state index contributed by atoms with van der Waals surface area (Å²) in [5.74, 6) is 0.901. The molecule has 0 radical (unpaired) electrons. The van der Waals surface area contributed by atoms with Crippen LogP contribution in [0.5, 0.6) is 0 Å². The van der Waals surface area contributed by atoms with E-state index in [9.17, 15) is 0 Å². The van der Waals surface area contributed by atoms with E-state index in [4.69, 9.17) is 4.74 Å². The molecular formula is C16H32N2O. The molecule has 19 heavy (non-hydrogen) atoms. The molecule has 0 aromatic heterocycles. The van der Waals surface area contributed by atoms with Gasteiger partial charge in [0, 0.05) is 19.2 Å². The third kappa shape index (κ3) is 5.05. The first kappa shape index (κ1) is 15.3. The predicted octanol–water partition coefficient (Wildman–Crippen LogP) is 2.66. The zero-order valence-electron chi connectivity index (χ0n) is 12.9. The molecule has 3 nitrogen and oxygen atoms in total. The summed E-state index contributed by atoms with van der Waals surface area (Å²) in [6.45, 7) is 6.78. The largest absolute Gasteiger partial charge is 0.377 e. The molecule has 0 amide bonds. The molecule has 1 aliphatic heterocycles. The smallest absolute Gasteiger partial charge is 0.0702 e. The fraction of sp³-hybridized carbons (Fsp3) is 1.00. The van der Waals surface area contributed by atoms with Gasteiger partial charge in [-0.3, -0.25) is 0 Å². The number of hydrogen-bond donors (Lipinski definition) is 1. The first-order valence-electron chi connectivity index (χ1n) is 8.33. The van der Waals surface area contributed by atoms with Gasteiger partial charge in [-0.25, -0.2) is 0 Å². The van der Waals surface area contributed by atoms with Crippen molar-refractivity contribution in [3.63, 3.8) is 0 Å². The maximum absolute atomic E-state index is 5.72. The first-order chi connectivity index (χ1) is 9.29. The number of nitrogens with zero attached hydrogens (tertiary/aromatic N) is 1. The second kappa shape index (κ2) is 8.23. The van der Waals surface area contributed by atoms with Crippen LogP contribution in [0.4, 0.5) is 0 Å². The molecule has 0 aromatic rings. The molecule has 1 heterocycles. The van der Waals surface area contributed by atoms with Crippen molar-refractivity contribution in [2.75, 3.05) is 33.3 Å². The number of rotatable bonds is 8. The van der Waals surface area contributed by atoms with Gasteiger partial charge in [-0.15, -0.1) is 0 Å². The van der Waals surface area contributed by atoms with Gasteiger partial charge in [0.1, 0.15) is 0 Å². The van der Waals surface area contributed by atoms with Crippen molar-refractivity contribution in [1.82, 2.24) is 10.2 Å². The van der Waals surface area contributed by atoms with E-state index in [2.05, 4.69) is 24.2 Å². The molecule has 3 heteroatoms. The SMILES string of the molecule is CCCNC1CCCC1CCN(C)CC1CCCO1. The average Bonchev–Trinajstić information content (AvgIpc) is 3.05. The normalized spacial score (nSPS) is 31.4. The molecule has 2 aliphatic rings. The van der Waals surface area contributed by atoms with Crippen molar-refractivity contribution in [3.05, 3.63) is 0 Å². The minimum absolute atomic E-state index is 0.502. The maximum atomic E-state index is 5.72. The van der Waals surface area contributed by atoms with Crippen LogP contribution in [-0.4, -0.2) is 50.3 Å². The molecule has 1 saturated carbocycles. The molecule has 1 N–H and O–H groups in total. The highest BCUT2D eigenvalue weighted by Crippen LogP contribution is 2.28. The summed E-state index contributed by atoms with van der Waals surface area (Å²) in [5, 5.41) is 3.73. The van der Waals surface area contributed by atoms with E-state index in [1.807, 2.05) is 0 Å². The summed E-state index contributed by atoms with van der Waals surface area (Å²) in [4.78, 5) is 2.48. The van der Waals surface area contributed by atoms with Crippen LogP contribution < -0.4 is 5.32 Å². The van der Waals surface area contributed by atoms with Gasteiger partial charge in [0.05, 0.1) is 6.10 Å². The summed E-state index contributed by atoms with van der Waals surface area (Å²) < 4.78 is 5.72. The van der Waals surface area contributed by atoms with Crippen LogP contribution in [-0.2, 0) is 4.74 Å². The van der Waals surface area contributed by atoms with Crippen molar-refractivity contribution in [1.29, 1.82) is 0 Å². The number of likely N-dealkylation sites (N-methyl/N-ethyl adjacent to an activating group) is 1. The quantitative estimate of drug-likeness (QED) is 0.732. The van der Waals surface area contributed by atoms with Gasteiger partial charge in [-0.05, 0) is 64.6 Å². The van der Waals surface area contributed by atoms with Crippen LogP contribution in [0.15, 0.2) is 0 Å². The zero-order valence-corrected chi connectivity index (χ0v) is 12.9. The van der Waals surface area contributed by atoms with Crippen LogP contribution in [0.3, 0.4) is 0 Å². The van der Waals surface area contributed by atoms with E-state index in [-0.39, 0.29) is 0 Å². The van der Waals surface area contributed by atoms with Gasteiger partial charge in [-0.1, -0.05) is 13.3 Å². The Labute approximate surface area is 119 Å². The summed E-state index contributed by atoms with van der Waals surface area (Å²) in [5.41, 5.74) is 0. The van der Waals surface area contributed by atoms with E-state index in [1.165, 1.54) is 58.0 Å². The Morgan fingerprint density at radius 1 is 1.21 bits per heavy atom. The Bertz CT molecular complexity index is 241. The molecule has 0 spiro atoms. The zero-order chi connectivity index (χ0) is 13.5. The Hall–Kier alpha value is -0.120. The molecule has 3 atom stereocenters. The highest BCUT2D eigenvalue weighted by Gasteiger charge is 2.26. The molecule has 1 saturated heterocycles. The Morgan fingerprint density at radius 2 is 2.11 bits per heavy atom. The van der Waals surface area contributed by atoms with Crippen molar-refractivity contribution < 1.29 is 4.74 Å². The minimum atomic E-state index is 0.502. The molecule has 112 valence electrons. The van der Waals surface area contributed by atoms with Crippen molar-refractivity contribution in [3.8, 4) is 0 Å². The van der Waals surface area contributed by atoms with Crippen LogP contribution >= 0.6 is 0 Å². The highest BCUT2D eigenvalue weighted by molar-refractivity contribution is 4.83. The van der Waals surface area contributed by atoms with Gasteiger partial charge < -0.3 is 15.0 Å².